The number of aliphatic imine (C=N–C) groups is 1. The van der Waals surface area contributed by atoms with E-state index in [1.807, 2.05) is 11.9 Å². The van der Waals surface area contributed by atoms with E-state index in [0.717, 1.165) is 51.8 Å². The molecule has 0 bridgehead atoms. The summed E-state index contributed by atoms with van der Waals surface area (Å²) in [5.41, 5.74) is 1.27. The van der Waals surface area contributed by atoms with Crippen LogP contribution in [0.2, 0.25) is 0 Å². The molecule has 0 unspecified atom stereocenters. The molecule has 1 aliphatic rings. The van der Waals surface area contributed by atoms with Gasteiger partial charge < -0.3 is 15.1 Å². The Balaban J connectivity index is 1.73. The lowest BCUT2D eigenvalue weighted by Crippen LogP contribution is -2.50. The maximum atomic E-state index is 11.4. The van der Waals surface area contributed by atoms with E-state index in [1.54, 1.807) is 18.7 Å². The fourth-order valence-electron chi connectivity index (χ4n) is 3.08. The molecular formula is C19H31N5OS. The number of thioether (sulfide) groups is 1. The summed E-state index contributed by atoms with van der Waals surface area (Å²) in [6.07, 6.45) is 2.09. The summed E-state index contributed by atoms with van der Waals surface area (Å²) in [7, 11) is 3.88. The Bertz CT molecular complexity index is 596. The maximum Gasteiger partial charge on any atom is 0.219 e. The van der Waals surface area contributed by atoms with Crippen LogP contribution in [0, 0.1) is 0 Å². The van der Waals surface area contributed by atoms with Crippen molar-refractivity contribution in [3.05, 3.63) is 29.8 Å². The molecule has 1 aliphatic heterocycles. The van der Waals surface area contributed by atoms with Gasteiger partial charge in [-0.25, -0.2) is 0 Å². The third-order valence-corrected chi connectivity index (χ3v) is 5.42. The molecule has 0 saturated carbocycles. The van der Waals surface area contributed by atoms with E-state index in [9.17, 15) is 4.79 Å². The highest BCUT2D eigenvalue weighted by Gasteiger charge is 2.18. The van der Waals surface area contributed by atoms with Crippen molar-refractivity contribution in [2.45, 2.75) is 18.4 Å². The molecule has 26 heavy (non-hydrogen) atoms. The van der Waals surface area contributed by atoms with E-state index in [2.05, 4.69) is 57.7 Å². The SMILES string of the molecule is CN=C(NCCN1CCN(C(C)=O)CC1)N(C)Cc1ccc(SC)cc1. The molecule has 0 atom stereocenters. The Kier molecular flexibility index (Phi) is 8.25. The van der Waals surface area contributed by atoms with Crippen molar-refractivity contribution in [2.75, 3.05) is 59.6 Å². The van der Waals surface area contributed by atoms with Crippen LogP contribution < -0.4 is 5.32 Å². The van der Waals surface area contributed by atoms with Gasteiger partial charge in [-0.15, -0.1) is 11.8 Å². The lowest BCUT2D eigenvalue weighted by atomic mass is 10.2. The number of benzene rings is 1. The molecule has 1 aromatic carbocycles. The largest absolute Gasteiger partial charge is 0.355 e. The number of carbonyl (C=O) groups excluding carboxylic acids is 1. The summed E-state index contributed by atoms with van der Waals surface area (Å²) in [5, 5.41) is 3.44. The Morgan fingerprint density at radius 2 is 1.88 bits per heavy atom. The Morgan fingerprint density at radius 1 is 1.23 bits per heavy atom. The molecule has 0 radical (unpaired) electrons. The lowest BCUT2D eigenvalue weighted by Gasteiger charge is -2.34. The minimum atomic E-state index is 0.176. The van der Waals surface area contributed by atoms with Gasteiger partial charge in [0.15, 0.2) is 5.96 Å². The molecule has 1 aromatic rings. The lowest BCUT2D eigenvalue weighted by molar-refractivity contribution is -0.130. The third kappa shape index (κ3) is 6.21. The van der Waals surface area contributed by atoms with Crippen LogP contribution in [0.1, 0.15) is 12.5 Å². The molecule has 0 aromatic heterocycles. The number of guanidine groups is 1. The highest BCUT2D eigenvalue weighted by Crippen LogP contribution is 2.15. The predicted molar refractivity (Wildman–Crippen MR) is 110 cm³/mol. The minimum Gasteiger partial charge on any atom is -0.355 e. The van der Waals surface area contributed by atoms with Crippen molar-refractivity contribution < 1.29 is 4.79 Å². The van der Waals surface area contributed by atoms with Gasteiger partial charge in [0.05, 0.1) is 0 Å². The Morgan fingerprint density at radius 3 is 2.42 bits per heavy atom. The molecule has 2 rings (SSSR count). The minimum absolute atomic E-state index is 0.176. The molecule has 1 heterocycles. The van der Waals surface area contributed by atoms with Crippen molar-refractivity contribution in [3.8, 4) is 0 Å². The molecule has 6 nitrogen and oxygen atoms in total. The number of hydrogen-bond donors (Lipinski definition) is 1. The Hall–Kier alpha value is -1.73. The second-order valence-electron chi connectivity index (χ2n) is 6.53. The zero-order valence-electron chi connectivity index (χ0n) is 16.4. The summed E-state index contributed by atoms with van der Waals surface area (Å²) in [5.74, 6) is 1.08. The van der Waals surface area contributed by atoms with E-state index in [1.165, 1.54) is 10.5 Å². The van der Waals surface area contributed by atoms with Crippen molar-refractivity contribution in [3.63, 3.8) is 0 Å². The first kappa shape index (κ1) is 20.6. The molecule has 7 heteroatoms. The zero-order chi connectivity index (χ0) is 18.9. The molecule has 1 N–H and O–H groups in total. The van der Waals surface area contributed by atoms with Gasteiger partial charge in [0.1, 0.15) is 0 Å². The number of nitrogens with zero attached hydrogens (tertiary/aromatic N) is 4. The summed E-state index contributed by atoms with van der Waals surface area (Å²) in [6, 6.07) is 8.66. The first-order chi connectivity index (χ1) is 12.5. The van der Waals surface area contributed by atoms with Gasteiger partial charge in [-0.05, 0) is 24.0 Å². The zero-order valence-corrected chi connectivity index (χ0v) is 17.2. The van der Waals surface area contributed by atoms with Crippen LogP contribution in [0.25, 0.3) is 0 Å². The van der Waals surface area contributed by atoms with Crippen molar-refractivity contribution in [1.82, 2.24) is 20.0 Å². The first-order valence-electron chi connectivity index (χ1n) is 9.06. The summed E-state index contributed by atoms with van der Waals surface area (Å²) < 4.78 is 0. The molecular weight excluding hydrogens is 346 g/mol. The van der Waals surface area contributed by atoms with Gasteiger partial charge in [-0.3, -0.25) is 14.7 Å². The number of piperazine rings is 1. The Labute approximate surface area is 161 Å². The molecule has 1 fully saturated rings. The highest BCUT2D eigenvalue weighted by atomic mass is 32.2. The number of hydrogen-bond acceptors (Lipinski definition) is 4. The monoisotopic (exact) mass is 377 g/mol. The van der Waals surface area contributed by atoms with Crippen LogP contribution >= 0.6 is 11.8 Å². The second kappa shape index (κ2) is 10.4. The van der Waals surface area contributed by atoms with Gasteiger partial charge in [-0.1, -0.05) is 12.1 Å². The average Bonchev–Trinajstić information content (AvgIpc) is 2.66. The van der Waals surface area contributed by atoms with Gasteiger partial charge in [-0.2, -0.15) is 0 Å². The van der Waals surface area contributed by atoms with Crippen LogP contribution in [-0.4, -0.2) is 86.2 Å². The van der Waals surface area contributed by atoms with E-state index < -0.39 is 0 Å². The molecule has 0 spiro atoms. The van der Waals surface area contributed by atoms with Crippen LogP contribution in [0.15, 0.2) is 34.2 Å². The summed E-state index contributed by atoms with van der Waals surface area (Å²) in [4.78, 5) is 23.5. The van der Waals surface area contributed by atoms with E-state index in [-0.39, 0.29) is 5.91 Å². The van der Waals surface area contributed by atoms with Gasteiger partial charge in [0.2, 0.25) is 5.91 Å². The van der Waals surface area contributed by atoms with E-state index in [0.29, 0.717) is 0 Å². The smallest absolute Gasteiger partial charge is 0.219 e. The molecule has 144 valence electrons. The maximum absolute atomic E-state index is 11.4. The topological polar surface area (TPSA) is 51.2 Å². The third-order valence-electron chi connectivity index (χ3n) is 4.68. The van der Waals surface area contributed by atoms with Crippen LogP contribution in [0.4, 0.5) is 0 Å². The van der Waals surface area contributed by atoms with Crippen molar-refractivity contribution >= 4 is 23.6 Å². The fraction of sp³-hybridized carbons (Fsp3) is 0.579. The normalized spacial score (nSPS) is 15.8. The standard InChI is InChI=1S/C19H31N5OS/c1-16(25)24-13-11-23(12-14-24)10-9-21-19(20-2)22(3)15-17-5-7-18(26-4)8-6-17/h5-8H,9-15H2,1-4H3,(H,20,21). The molecule has 1 saturated heterocycles. The number of nitrogens with one attached hydrogen (secondary N) is 1. The number of carbonyl (C=O) groups is 1. The summed E-state index contributed by atoms with van der Waals surface area (Å²) >= 11 is 1.76. The van der Waals surface area contributed by atoms with Gasteiger partial charge in [0.25, 0.3) is 0 Å². The van der Waals surface area contributed by atoms with Gasteiger partial charge in [0, 0.05) is 71.7 Å². The van der Waals surface area contributed by atoms with E-state index >= 15 is 0 Å². The number of amides is 1. The summed E-state index contributed by atoms with van der Waals surface area (Å²) in [6.45, 7) is 7.82. The fourth-order valence-corrected chi connectivity index (χ4v) is 3.48. The molecule has 0 aliphatic carbocycles. The average molecular weight is 378 g/mol. The van der Waals surface area contributed by atoms with Crippen LogP contribution in [0.3, 0.4) is 0 Å². The first-order valence-corrected chi connectivity index (χ1v) is 10.3. The van der Waals surface area contributed by atoms with Crippen molar-refractivity contribution in [2.24, 2.45) is 4.99 Å². The quantitative estimate of drug-likeness (QED) is 0.463. The highest BCUT2D eigenvalue weighted by molar-refractivity contribution is 7.98. The number of rotatable bonds is 6. The van der Waals surface area contributed by atoms with Crippen LogP contribution in [0.5, 0.6) is 0 Å². The predicted octanol–water partition coefficient (Wildman–Crippen LogP) is 1.58. The second-order valence-corrected chi connectivity index (χ2v) is 7.41. The molecule has 1 amide bonds. The van der Waals surface area contributed by atoms with Crippen LogP contribution in [-0.2, 0) is 11.3 Å². The van der Waals surface area contributed by atoms with E-state index in [4.69, 9.17) is 0 Å². The van der Waals surface area contributed by atoms with Crippen molar-refractivity contribution in [1.29, 1.82) is 0 Å². The van der Waals surface area contributed by atoms with Gasteiger partial charge >= 0.3 is 0 Å².